The van der Waals surface area contributed by atoms with Gasteiger partial charge in [0.15, 0.2) is 0 Å². The topological polar surface area (TPSA) is 43.8 Å². The van der Waals surface area contributed by atoms with Gasteiger partial charge in [0, 0.05) is 18.7 Å². The minimum atomic E-state index is -0.0378. The van der Waals surface area contributed by atoms with E-state index in [0.717, 1.165) is 36.3 Å². The van der Waals surface area contributed by atoms with Crippen molar-refractivity contribution in [2.24, 2.45) is 0 Å². The lowest BCUT2D eigenvalue weighted by molar-refractivity contribution is -0.133. The van der Waals surface area contributed by atoms with Crippen molar-refractivity contribution in [3.05, 3.63) is 63.1 Å². The number of fused-ring (bicyclic) bond motifs is 1. The van der Waals surface area contributed by atoms with Gasteiger partial charge in [-0.25, -0.2) is 0 Å². The van der Waals surface area contributed by atoms with Gasteiger partial charge in [-0.2, -0.15) is 0 Å². The first-order chi connectivity index (χ1) is 13.5. The third kappa shape index (κ3) is 4.00. The molecule has 0 bridgehead atoms. The van der Waals surface area contributed by atoms with Gasteiger partial charge in [-0.15, -0.1) is 0 Å². The maximum atomic E-state index is 13.2. The number of aromatic hydroxyl groups is 1. The van der Waals surface area contributed by atoms with Crippen molar-refractivity contribution in [2.75, 3.05) is 26.2 Å². The van der Waals surface area contributed by atoms with Crippen LogP contribution in [0.25, 0.3) is 0 Å². The molecule has 148 valence electrons. The number of hydrogen-bond donors (Lipinski definition) is 1. The molecule has 0 aromatic heterocycles. The number of phenols is 1. The highest BCUT2D eigenvalue weighted by Gasteiger charge is 2.33. The maximum absolute atomic E-state index is 13.2. The Hall–Kier alpha value is -1.75. The van der Waals surface area contributed by atoms with E-state index in [2.05, 4.69) is 4.90 Å². The van der Waals surface area contributed by atoms with Crippen LogP contribution >= 0.6 is 23.2 Å². The predicted molar refractivity (Wildman–Crippen MR) is 112 cm³/mol. The smallest absolute Gasteiger partial charge is 0.227 e. The highest BCUT2D eigenvalue weighted by atomic mass is 35.5. The molecule has 0 aliphatic carbocycles. The number of phenolic OH excluding ortho intramolecular Hbond substituents is 1. The third-order valence-corrected chi connectivity index (χ3v) is 6.55. The van der Waals surface area contributed by atoms with Gasteiger partial charge in [0.25, 0.3) is 0 Å². The summed E-state index contributed by atoms with van der Waals surface area (Å²) in [6, 6.07) is 11.0. The molecule has 2 aromatic carbocycles. The van der Waals surface area contributed by atoms with Gasteiger partial charge in [0.1, 0.15) is 5.75 Å². The molecule has 2 heterocycles. The molecule has 1 N–H and O–H groups in total. The van der Waals surface area contributed by atoms with Crippen LogP contribution in [-0.2, 0) is 17.6 Å². The lowest BCUT2D eigenvalue weighted by Gasteiger charge is -2.39. The predicted octanol–water partition coefficient (Wildman–Crippen LogP) is 4.46. The lowest BCUT2D eigenvalue weighted by atomic mass is 9.91. The summed E-state index contributed by atoms with van der Waals surface area (Å²) < 4.78 is 0. The summed E-state index contributed by atoms with van der Waals surface area (Å²) in [4.78, 5) is 17.6. The Labute approximate surface area is 175 Å². The van der Waals surface area contributed by atoms with E-state index in [1.807, 2.05) is 23.1 Å². The summed E-state index contributed by atoms with van der Waals surface area (Å²) in [5.41, 5.74) is 2.91. The van der Waals surface area contributed by atoms with Gasteiger partial charge >= 0.3 is 0 Å². The second-order valence-electron chi connectivity index (χ2n) is 7.63. The molecular formula is C22H24Cl2N2O2. The van der Waals surface area contributed by atoms with Crippen LogP contribution in [0.4, 0.5) is 0 Å². The fourth-order valence-electron chi connectivity index (χ4n) is 4.36. The van der Waals surface area contributed by atoms with Gasteiger partial charge in [-0.1, -0.05) is 41.4 Å². The largest absolute Gasteiger partial charge is 0.508 e. The van der Waals surface area contributed by atoms with Gasteiger partial charge in [-0.05, 0) is 61.7 Å². The zero-order valence-electron chi connectivity index (χ0n) is 15.7. The maximum Gasteiger partial charge on any atom is 0.227 e. The van der Waals surface area contributed by atoms with Crippen molar-refractivity contribution in [3.63, 3.8) is 0 Å². The molecule has 2 aliphatic rings. The number of hydrogen-bond acceptors (Lipinski definition) is 3. The van der Waals surface area contributed by atoms with E-state index < -0.39 is 0 Å². The first-order valence-electron chi connectivity index (χ1n) is 9.79. The SMILES string of the molecule is O=C(Cc1ccc(Cl)c(Cl)c1)N1CCc2c(O)cccc2[C@@H]1CN1CCCC1. The van der Waals surface area contributed by atoms with E-state index in [1.165, 1.54) is 12.8 Å². The Morgan fingerprint density at radius 2 is 1.86 bits per heavy atom. The summed E-state index contributed by atoms with van der Waals surface area (Å²) in [7, 11) is 0. The molecular weight excluding hydrogens is 395 g/mol. The molecule has 0 radical (unpaired) electrons. The first-order valence-corrected chi connectivity index (χ1v) is 10.5. The van der Waals surface area contributed by atoms with Gasteiger partial charge in [-0.3, -0.25) is 4.79 Å². The number of likely N-dealkylation sites (tertiary alicyclic amines) is 1. The van der Waals surface area contributed by atoms with Crippen molar-refractivity contribution in [2.45, 2.75) is 31.7 Å². The summed E-state index contributed by atoms with van der Waals surface area (Å²) in [6.45, 7) is 3.56. The molecule has 28 heavy (non-hydrogen) atoms. The molecule has 4 rings (SSSR count). The van der Waals surface area contributed by atoms with Gasteiger partial charge < -0.3 is 14.9 Å². The molecule has 2 aromatic rings. The van der Waals surface area contributed by atoms with Crippen molar-refractivity contribution in [1.29, 1.82) is 0 Å². The van der Waals surface area contributed by atoms with Gasteiger partial charge in [0.2, 0.25) is 5.91 Å². The normalized spacial score (nSPS) is 19.6. The highest BCUT2D eigenvalue weighted by Crippen LogP contribution is 2.36. The standard InChI is InChI=1S/C22H24Cl2N2O2/c23-18-7-6-15(12-19(18)24)13-22(28)26-11-8-17-16(4-3-5-21(17)27)20(26)14-25-9-1-2-10-25/h3-7,12,20,27H,1-2,8-11,13-14H2/t20-/m0/s1. The minimum Gasteiger partial charge on any atom is -0.508 e. The second-order valence-corrected chi connectivity index (χ2v) is 8.45. The van der Waals surface area contributed by atoms with Crippen LogP contribution < -0.4 is 0 Å². The average Bonchev–Trinajstić information content (AvgIpc) is 3.18. The quantitative estimate of drug-likeness (QED) is 0.796. The molecule has 2 aliphatic heterocycles. The number of amides is 1. The molecule has 6 heteroatoms. The molecule has 0 unspecified atom stereocenters. The molecule has 0 saturated carbocycles. The summed E-state index contributed by atoms with van der Waals surface area (Å²) in [5.74, 6) is 0.414. The molecule has 1 amide bonds. The molecule has 1 saturated heterocycles. The van der Waals surface area contributed by atoms with Crippen LogP contribution in [0, 0.1) is 0 Å². The minimum absolute atomic E-state index is 0.0378. The van der Waals surface area contributed by atoms with Crippen LogP contribution in [0.5, 0.6) is 5.75 Å². The van der Waals surface area contributed by atoms with E-state index in [4.69, 9.17) is 23.2 Å². The van der Waals surface area contributed by atoms with Crippen molar-refractivity contribution in [1.82, 2.24) is 9.80 Å². The fraction of sp³-hybridized carbons (Fsp3) is 0.409. The lowest BCUT2D eigenvalue weighted by Crippen LogP contribution is -2.45. The van der Waals surface area contributed by atoms with Gasteiger partial charge in [0.05, 0.1) is 22.5 Å². The van der Waals surface area contributed by atoms with E-state index in [-0.39, 0.29) is 11.9 Å². The average molecular weight is 419 g/mol. The van der Waals surface area contributed by atoms with E-state index in [0.29, 0.717) is 35.2 Å². The van der Waals surface area contributed by atoms with E-state index in [1.54, 1.807) is 18.2 Å². The summed E-state index contributed by atoms with van der Waals surface area (Å²) >= 11 is 12.1. The highest BCUT2D eigenvalue weighted by molar-refractivity contribution is 6.42. The van der Waals surface area contributed by atoms with Crippen LogP contribution in [0.2, 0.25) is 10.0 Å². The third-order valence-electron chi connectivity index (χ3n) is 5.81. The Morgan fingerprint density at radius 3 is 2.61 bits per heavy atom. The Bertz CT molecular complexity index is 881. The van der Waals surface area contributed by atoms with Crippen LogP contribution in [0.3, 0.4) is 0 Å². The van der Waals surface area contributed by atoms with Crippen LogP contribution in [0.15, 0.2) is 36.4 Å². The summed E-state index contributed by atoms with van der Waals surface area (Å²) in [5, 5.41) is 11.3. The van der Waals surface area contributed by atoms with Crippen molar-refractivity contribution in [3.8, 4) is 5.75 Å². The van der Waals surface area contributed by atoms with Crippen molar-refractivity contribution >= 4 is 29.1 Å². The second kappa shape index (κ2) is 8.32. The Balaban J connectivity index is 1.60. The monoisotopic (exact) mass is 418 g/mol. The zero-order chi connectivity index (χ0) is 19.7. The Morgan fingerprint density at radius 1 is 1.07 bits per heavy atom. The fourth-order valence-corrected chi connectivity index (χ4v) is 4.68. The summed E-state index contributed by atoms with van der Waals surface area (Å²) in [6.07, 6.45) is 3.38. The van der Waals surface area contributed by atoms with E-state index in [9.17, 15) is 9.90 Å². The number of carbonyl (C=O) groups excluding carboxylic acids is 1. The van der Waals surface area contributed by atoms with Crippen LogP contribution in [0.1, 0.15) is 35.6 Å². The number of rotatable bonds is 4. The number of benzene rings is 2. The number of nitrogens with zero attached hydrogens (tertiary/aromatic N) is 2. The van der Waals surface area contributed by atoms with Crippen molar-refractivity contribution < 1.29 is 9.90 Å². The Kier molecular flexibility index (Phi) is 5.81. The van der Waals surface area contributed by atoms with Crippen LogP contribution in [-0.4, -0.2) is 47.0 Å². The van der Waals surface area contributed by atoms with E-state index >= 15 is 0 Å². The molecule has 4 nitrogen and oxygen atoms in total. The number of carbonyl (C=O) groups is 1. The first kappa shape index (κ1) is 19.6. The number of halogens is 2. The molecule has 0 spiro atoms. The zero-order valence-corrected chi connectivity index (χ0v) is 17.2. The molecule has 1 fully saturated rings. The molecule has 1 atom stereocenters.